The van der Waals surface area contributed by atoms with Crippen LogP contribution in [-0.2, 0) is 6.18 Å². The maximum absolute atomic E-state index is 13.6. The van der Waals surface area contributed by atoms with E-state index in [1.165, 1.54) is 6.20 Å². The lowest BCUT2D eigenvalue weighted by atomic mass is 10.2. The molecular formula is C16H14F4N2O2. The molecule has 4 nitrogen and oxygen atoms in total. The van der Waals surface area contributed by atoms with Crippen molar-refractivity contribution in [2.45, 2.75) is 13.1 Å². The predicted molar refractivity (Wildman–Crippen MR) is 78.2 cm³/mol. The van der Waals surface area contributed by atoms with Crippen molar-refractivity contribution in [2.24, 2.45) is 0 Å². The lowest BCUT2D eigenvalue weighted by Gasteiger charge is -2.11. The van der Waals surface area contributed by atoms with E-state index in [0.29, 0.717) is 17.3 Å². The van der Waals surface area contributed by atoms with Gasteiger partial charge >= 0.3 is 6.18 Å². The molecule has 8 heteroatoms. The summed E-state index contributed by atoms with van der Waals surface area (Å²) in [5, 5.41) is 2.56. The highest BCUT2D eigenvalue weighted by molar-refractivity contribution is 5.94. The Labute approximate surface area is 135 Å². The first kappa shape index (κ1) is 17.7. The van der Waals surface area contributed by atoms with Crippen molar-refractivity contribution >= 4 is 5.91 Å². The van der Waals surface area contributed by atoms with E-state index in [-0.39, 0.29) is 24.8 Å². The third-order valence-electron chi connectivity index (χ3n) is 3.06. The van der Waals surface area contributed by atoms with E-state index in [1.54, 1.807) is 19.1 Å². The zero-order chi connectivity index (χ0) is 17.7. The molecule has 0 saturated carbocycles. The molecule has 128 valence electrons. The number of carbonyl (C=O) groups is 1. The summed E-state index contributed by atoms with van der Waals surface area (Å²) in [6.07, 6.45) is -3.12. The van der Waals surface area contributed by atoms with Gasteiger partial charge in [0.15, 0.2) is 11.6 Å². The van der Waals surface area contributed by atoms with Crippen molar-refractivity contribution in [1.29, 1.82) is 0 Å². The summed E-state index contributed by atoms with van der Waals surface area (Å²) < 4.78 is 55.9. The molecule has 0 spiro atoms. The highest BCUT2D eigenvalue weighted by Crippen LogP contribution is 2.31. The van der Waals surface area contributed by atoms with Gasteiger partial charge in [-0.2, -0.15) is 13.2 Å². The molecule has 1 N–H and O–H groups in total. The predicted octanol–water partition coefficient (Wildman–Crippen LogP) is 3.36. The quantitative estimate of drug-likeness (QED) is 0.670. The molecule has 0 unspecified atom stereocenters. The van der Waals surface area contributed by atoms with Crippen LogP contribution in [0.1, 0.15) is 21.6 Å². The summed E-state index contributed by atoms with van der Waals surface area (Å²) >= 11 is 0. The number of nitrogens with zero attached hydrogens (tertiary/aromatic N) is 1. The molecule has 0 aliphatic rings. The van der Waals surface area contributed by atoms with Crippen molar-refractivity contribution in [1.82, 2.24) is 10.3 Å². The van der Waals surface area contributed by atoms with Gasteiger partial charge in [0.05, 0.1) is 12.1 Å². The van der Waals surface area contributed by atoms with Gasteiger partial charge in [-0.25, -0.2) is 4.39 Å². The van der Waals surface area contributed by atoms with Crippen LogP contribution >= 0.6 is 0 Å². The van der Waals surface area contributed by atoms with Gasteiger partial charge in [0.2, 0.25) is 0 Å². The standard InChI is InChI=1S/C16H14F4N2O2/c1-10-8-11(4-5-21-10)15(23)22-6-7-24-14-3-2-12(9-13(14)17)16(18,19)20/h2-5,8-9H,6-7H2,1H3,(H,22,23). The molecule has 0 fully saturated rings. The average molecular weight is 342 g/mol. The number of ether oxygens (including phenoxy) is 1. The van der Waals surface area contributed by atoms with Gasteiger partial charge in [0, 0.05) is 17.5 Å². The van der Waals surface area contributed by atoms with Gasteiger partial charge in [0.1, 0.15) is 6.61 Å². The van der Waals surface area contributed by atoms with Gasteiger partial charge in [-0.1, -0.05) is 0 Å². The molecule has 1 aromatic heterocycles. The fraction of sp³-hybridized carbons (Fsp3) is 0.250. The molecule has 1 heterocycles. The number of hydrogen-bond acceptors (Lipinski definition) is 3. The second kappa shape index (κ2) is 7.29. The average Bonchev–Trinajstić information content (AvgIpc) is 2.51. The van der Waals surface area contributed by atoms with Crippen molar-refractivity contribution in [3.8, 4) is 5.75 Å². The normalized spacial score (nSPS) is 11.2. The van der Waals surface area contributed by atoms with Gasteiger partial charge in [-0.3, -0.25) is 9.78 Å². The second-order valence-corrected chi connectivity index (χ2v) is 4.93. The molecule has 0 atom stereocenters. The largest absolute Gasteiger partial charge is 0.489 e. The van der Waals surface area contributed by atoms with Gasteiger partial charge < -0.3 is 10.1 Å². The number of alkyl halides is 3. The fourth-order valence-electron chi connectivity index (χ4n) is 1.91. The number of rotatable bonds is 5. The fourth-order valence-corrected chi connectivity index (χ4v) is 1.91. The number of aryl methyl sites for hydroxylation is 1. The number of pyridine rings is 1. The summed E-state index contributed by atoms with van der Waals surface area (Å²) in [5.74, 6) is -1.77. The molecule has 2 aromatic rings. The molecule has 0 bridgehead atoms. The van der Waals surface area contributed by atoms with Crippen molar-refractivity contribution < 1.29 is 27.1 Å². The van der Waals surface area contributed by atoms with Crippen LogP contribution in [0.15, 0.2) is 36.5 Å². The molecule has 0 radical (unpaired) electrons. The maximum atomic E-state index is 13.6. The van der Waals surface area contributed by atoms with E-state index in [2.05, 4.69) is 10.3 Å². The highest BCUT2D eigenvalue weighted by Gasteiger charge is 2.31. The maximum Gasteiger partial charge on any atom is 0.416 e. The van der Waals surface area contributed by atoms with Crippen LogP contribution in [0.3, 0.4) is 0 Å². The Bertz CT molecular complexity index is 732. The van der Waals surface area contributed by atoms with Crippen molar-refractivity contribution in [3.63, 3.8) is 0 Å². The van der Waals surface area contributed by atoms with Crippen LogP contribution in [-0.4, -0.2) is 24.0 Å². The van der Waals surface area contributed by atoms with Crippen LogP contribution in [0.5, 0.6) is 5.75 Å². The third-order valence-corrected chi connectivity index (χ3v) is 3.06. The van der Waals surface area contributed by atoms with E-state index >= 15 is 0 Å². The first-order valence-electron chi connectivity index (χ1n) is 6.98. The third kappa shape index (κ3) is 4.68. The Morgan fingerprint density at radius 2 is 2.00 bits per heavy atom. The van der Waals surface area contributed by atoms with E-state index in [4.69, 9.17) is 4.74 Å². The Morgan fingerprint density at radius 1 is 1.25 bits per heavy atom. The number of benzene rings is 1. The van der Waals surface area contributed by atoms with E-state index in [0.717, 1.165) is 12.1 Å². The lowest BCUT2D eigenvalue weighted by molar-refractivity contribution is -0.137. The van der Waals surface area contributed by atoms with Crippen molar-refractivity contribution in [3.05, 3.63) is 59.2 Å². The molecule has 24 heavy (non-hydrogen) atoms. The monoisotopic (exact) mass is 342 g/mol. The smallest absolute Gasteiger partial charge is 0.416 e. The summed E-state index contributed by atoms with van der Waals surface area (Å²) in [7, 11) is 0. The zero-order valence-corrected chi connectivity index (χ0v) is 12.7. The van der Waals surface area contributed by atoms with Crippen molar-refractivity contribution in [2.75, 3.05) is 13.2 Å². The van der Waals surface area contributed by atoms with Crippen LogP contribution in [0.25, 0.3) is 0 Å². The van der Waals surface area contributed by atoms with E-state index < -0.39 is 17.6 Å². The van der Waals surface area contributed by atoms with E-state index in [1.807, 2.05) is 0 Å². The van der Waals surface area contributed by atoms with Crippen LogP contribution < -0.4 is 10.1 Å². The van der Waals surface area contributed by atoms with Gasteiger partial charge in [-0.05, 0) is 37.3 Å². The Hall–Kier alpha value is -2.64. The van der Waals surface area contributed by atoms with Gasteiger partial charge in [-0.15, -0.1) is 0 Å². The molecule has 1 aromatic carbocycles. The van der Waals surface area contributed by atoms with E-state index in [9.17, 15) is 22.4 Å². The number of amides is 1. The van der Waals surface area contributed by atoms with Crippen LogP contribution in [0, 0.1) is 12.7 Å². The molecule has 1 amide bonds. The molecule has 2 rings (SSSR count). The lowest BCUT2D eigenvalue weighted by Crippen LogP contribution is -2.28. The number of carbonyl (C=O) groups excluding carboxylic acids is 1. The number of hydrogen-bond donors (Lipinski definition) is 1. The molecular weight excluding hydrogens is 328 g/mol. The molecule has 0 saturated heterocycles. The first-order valence-corrected chi connectivity index (χ1v) is 6.98. The molecule has 0 aliphatic heterocycles. The minimum absolute atomic E-state index is 0.0701. The highest BCUT2D eigenvalue weighted by atomic mass is 19.4. The summed E-state index contributed by atoms with van der Waals surface area (Å²) in [5.41, 5.74) is 0.0163. The Balaban J connectivity index is 1.85. The first-order chi connectivity index (χ1) is 11.3. The molecule has 0 aliphatic carbocycles. The second-order valence-electron chi connectivity index (χ2n) is 4.93. The topological polar surface area (TPSA) is 51.2 Å². The van der Waals surface area contributed by atoms with Gasteiger partial charge in [0.25, 0.3) is 5.91 Å². The minimum Gasteiger partial charge on any atom is -0.489 e. The Kier molecular flexibility index (Phi) is 5.38. The van der Waals surface area contributed by atoms with Crippen LogP contribution in [0.2, 0.25) is 0 Å². The summed E-state index contributed by atoms with van der Waals surface area (Å²) in [4.78, 5) is 15.8. The number of aromatic nitrogens is 1. The number of nitrogens with one attached hydrogen (secondary N) is 1. The number of halogens is 4. The summed E-state index contributed by atoms with van der Waals surface area (Å²) in [6, 6.07) is 5.15. The zero-order valence-electron chi connectivity index (χ0n) is 12.7. The minimum atomic E-state index is -4.62. The summed E-state index contributed by atoms with van der Waals surface area (Å²) in [6.45, 7) is 1.73. The SMILES string of the molecule is Cc1cc(C(=O)NCCOc2ccc(C(F)(F)F)cc2F)ccn1. The Morgan fingerprint density at radius 3 is 2.62 bits per heavy atom. The van der Waals surface area contributed by atoms with Crippen LogP contribution in [0.4, 0.5) is 17.6 Å².